The van der Waals surface area contributed by atoms with Crippen LogP contribution in [0, 0.1) is 11.8 Å². The van der Waals surface area contributed by atoms with Crippen molar-refractivity contribution in [1.82, 2.24) is 0 Å². The van der Waals surface area contributed by atoms with Crippen LogP contribution in [0.5, 0.6) is 0 Å². The lowest BCUT2D eigenvalue weighted by atomic mass is 9.91. The third kappa shape index (κ3) is 2.82. The average Bonchev–Trinajstić information content (AvgIpc) is 2.09. The molecular formula is C11H20O2. The SMILES string of the molecule is C=CC[C@H](C)[C@@H]1OC(C)OC[C@@H]1C. The Kier molecular flexibility index (Phi) is 3.94. The van der Waals surface area contributed by atoms with E-state index in [1.165, 1.54) is 0 Å². The summed E-state index contributed by atoms with van der Waals surface area (Å²) in [4.78, 5) is 0. The zero-order chi connectivity index (χ0) is 9.84. The van der Waals surface area contributed by atoms with Crippen molar-refractivity contribution in [1.29, 1.82) is 0 Å². The summed E-state index contributed by atoms with van der Waals surface area (Å²) < 4.78 is 11.1. The summed E-state index contributed by atoms with van der Waals surface area (Å²) in [7, 11) is 0. The van der Waals surface area contributed by atoms with Crippen LogP contribution >= 0.6 is 0 Å². The van der Waals surface area contributed by atoms with E-state index in [2.05, 4.69) is 20.4 Å². The molecule has 1 unspecified atom stereocenters. The second-order valence-corrected chi connectivity index (χ2v) is 3.98. The molecule has 2 nitrogen and oxygen atoms in total. The Labute approximate surface area is 80.9 Å². The van der Waals surface area contributed by atoms with E-state index >= 15 is 0 Å². The van der Waals surface area contributed by atoms with Crippen LogP contribution in [0.15, 0.2) is 12.7 Å². The van der Waals surface area contributed by atoms with Crippen LogP contribution in [0.25, 0.3) is 0 Å². The zero-order valence-electron chi connectivity index (χ0n) is 8.82. The molecule has 1 aliphatic rings. The monoisotopic (exact) mass is 184 g/mol. The number of ether oxygens (including phenoxy) is 2. The van der Waals surface area contributed by atoms with Crippen LogP contribution in [0.2, 0.25) is 0 Å². The highest BCUT2D eigenvalue weighted by Gasteiger charge is 2.30. The van der Waals surface area contributed by atoms with Crippen molar-refractivity contribution in [3.63, 3.8) is 0 Å². The molecule has 0 amide bonds. The quantitative estimate of drug-likeness (QED) is 0.628. The Morgan fingerprint density at radius 1 is 1.54 bits per heavy atom. The molecule has 2 heteroatoms. The molecule has 0 aliphatic carbocycles. The van der Waals surface area contributed by atoms with Gasteiger partial charge < -0.3 is 9.47 Å². The van der Waals surface area contributed by atoms with Crippen LogP contribution in [0.1, 0.15) is 27.2 Å². The molecule has 0 aromatic rings. The van der Waals surface area contributed by atoms with Gasteiger partial charge >= 0.3 is 0 Å². The molecule has 1 heterocycles. The largest absolute Gasteiger partial charge is 0.353 e. The fourth-order valence-electron chi connectivity index (χ4n) is 1.87. The summed E-state index contributed by atoms with van der Waals surface area (Å²) in [5.41, 5.74) is 0. The predicted octanol–water partition coefficient (Wildman–Crippen LogP) is 2.60. The van der Waals surface area contributed by atoms with Crippen LogP contribution < -0.4 is 0 Å². The second kappa shape index (κ2) is 4.77. The normalized spacial score (nSPS) is 37.0. The zero-order valence-corrected chi connectivity index (χ0v) is 8.82. The van der Waals surface area contributed by atoms with E-state index in [0.717, 1.165) is 13.0 Å². The lowest BCUT2D eigenvalue weighted by molar-refractivity contribution is -0.235. The van der Waals surface area contributed by atoms with Gasteiger partial charge in [-0.2, -0.15) is 0 Å². The Morgan fingerprint density at radius 2 is 2.23 bits per heavy atom. The highest BCUT2D eigenvalue weighted by Crippen LogP contribution is 2.26. The molecule has 4 atom stereocenters. The fraction of sp³-hybridized carbons (Fsp3) is 0.818. The van der Waals surface area contributed by atoms with Crippen molar-refractivity contribution in [3.05, 3.63) is 12.7 Å². The van der Waals surface area contributed by atoms with Gasteiger partial charge in [0.2, 0.25) is 0 Å². The molecule has 1 aliphatic heterocycles. The molecule has 0 bridgehead atoms. The first-order valence-corrected chi connectivity index (χ1v) is 5.03. The average molecular weight is 184 g/mol. The summed E-state index contributed by atoms with van der Waals surface area (Å²) in [6, 6.07) is 0. The molecule has 1 rings (SSSR count). The van der Waals surface area contributed by atoms with Gasteiger partial charge in [-0.3, -0.25) is 0 Å². The van der Waals surface area contributed by atoms with Crippen LogP contribution in [0.3, 0.4) is 0 Å². The topological polar surface area (TPSA) is 18.5 Å². The van der Waals surface area contributed by atoms with Crippen molar-refractivity contribution < 1.29 is 9.47 Å². The van der Waals surface area contributed by atoms with E-state index in [-0.39, 0.29) is 6.29 Å². The minimum Gasteiger partial charge on any atom is -0.353 e. The minimum absolute atomic E-state index is 0.0477. The molecule has 0 aromatic carbocycles. The van der Waals surface area contributed by atoms with Crippen LogP contribution in [0.4, 0.5) is 0 Å². The maximum Gasteiger partial charge on any atom is 0.155 e. The van der Waals surface area contributed by atoms with Crippen LogP contribution in [-0.4, -0.2) is 19.0 Å². The van der Waals surface area contributed by atoms with Gasteiger partial charge in [-0.05, 0) is 19.3 Å². The standard InChI is InChI=1S/C11H20O2/c1-5-6-8(2)11-9(3)7-12-10(4)13-11/h5,8-11H,1,6-7H2,2-4H3/t8-,9-,10?,11-/m0/s1. The van der Waals surface area contributed by atoms with Crippen molar-refractivity contribution >= 4 is 0 Å². The summed E-state index contributed by atoms with van der Waals surface area (Å²) in [6.07, 6.45) is 3.25. The second-order valence-electron chi connectivity index (χ2n) is 3.98. The molecule has 0 aromatic heterocycles. The van der Waals surface area contributed by atoms with Gasteiger partial charge in [0.15, 0.2) is 6.29 Å². The van der Waals surface area contributed by atoms with Gasteiger partial charge in [-0.25, -0.2) is 0 Å². The Morgan fingerprint density at radius 3 is 2.85 bits per heavy atom. The number of hydrogen-bond donors (Lipinski definition) is 0. The molecule has 0 radical (unpaired) electrons. The molecule has 1 fully saturated rings. The third-order valence-electron chi connectivity index (χ3n) is 2.60. The maximum absolute atomic E-state index is 5.74. The van der Waals surface area contributed by atoms with Gasteiger partial charge in [0.25, 0.3) is 0 Å². The van der Waals surface area contributed by atoms with E-state index in [0.29, 0.717) is 17.9 Å². The van der Waals surface area contributed by atoms with E-state index in [9.17, 15) is 0 Å². The molecular weight excluding hydrogens is 164 g/mol. The van der Waals surface area contributed by atoms with E-state index < -0.39 is 0 Å². The molecule has 76 valence electrons. The van der Waals surface area contributed by atoms with Gasteiger partial charge in [0, 0.05) is 5.92 Å². The molecule has 13 heavy (non-hydrogen) atoms. The smallest absolute Gasteiger partial charge is 0.155 e. The number of allylic oxidation sites excluding steroid dienone is 1. The number of hydrogen-bond acceptors (Lipinski definition) is 2. The maximum atomic E-state index is 5.74. The Bertz CT molecular complexity index is 167. The summed E-state index contributed by atoms with van der Waals surface area (Å²) in [6.45, 7) is 10.9. The first-order valence-electron chi connectivity index (χ1n) is 5.03. The highest BCUT2D eigenvalue weighted by atomic mass is 16.7. The molecule has 0 saturated carbocycles. The van der Waals surface area contributed by atoms with Gasteiger partial charge in [-0.1, -0.05) is 19.9 Å². The summed E-state index contributed by atoms with van der Waals surface area (Å²) in [5.74, 6) is 1.03. The Hall–Kier alpha value is -0.340. The van der Waals surface area contributed by atoms with Crippen molar-refractivity contribution in [2.45, 2.75) is 39.6 Å². The van der Waals surface area contributed by atoms with Gasteiger partial charge in [-0.15, -0.1) is 6.58 Å². The Balaban J connectivity index is 2.49. The lowest BCUT2D eigenvalue weighted by Crippen LogP contribution is -2.40. The highest BCUT2D eigenvalue weighted by molar-refractivity contribution is 4.81. The minimum atomic E-state index is -0.0477. The number of rotatable bonds is 3. The van der Waals surface area contributed by atoms with E-state index in [1.54, 1.807) is 0 Å². The van der Waals surface area contributed by atoms with Crippen molar-refractivity contribution in [3.8, 4) is 0 Å². The van der Waals surface area contributed by atoms with Crippen LogP contribution in [-0.2, 0) is 9.47 Å². The predicted molar refractivity (Wildman–Crippen MR) is 53.4 cm³/mol. The van der Waals surface area contributed by atoms with Crippen molar-refractivity contribution in [2.75, 3.05) is 6.61 Å². The van der Waals surface area contributed by atoms with Crippen molar-refractivity contribution in [2.24, 2.45) is 11.8 Å². The van der Waals surface area contributed by atoms with E-state index in [1.807, 2.05) is 13.0 Å². The summed E-state index contributed by atoms with van der Waals surface area (Å²) in [5, 5.41) is 0. The molecule has 0 spiro atoms. The van der Waals surface area contributed by atoms with Gasteiger partial charge in [0.05, 0.1) is 12.7 Å². The van der Waals surface area contributed by atoms with E-state index in [4.69, 9.17) is 9.47 Å². The fourth-order valence-corrected chi connectivity index (χ4v) is 1.87. The molecule has 1 saturated heterocycles. The molecule has 0 N–H and O–H groups in total. The van der Waals surface area contributed by atoms with Gasteiger partial charge in [0.1, 0.15) is 0 Å². The summed E-state index contributed by atoms with van der Waals surface area (Å²) >= 11 is 0. The lowest BCUT2D eigenvalue weighted by Gasteiger charge is -2.36. The first-order chi connectivity index (χ1) is 6.15. The third-order valence-corrected chi connectivity index (χ3v) is 2.60. The first kappa shape index (κ1) is 10.7.